The number of nitrogens with one attached hydrogen (secondary N) is 1. The van der Waals surface area contributed by atoms with Crippen LogP contribution in [-0.4, -0.2) is 41.7 Å². The van der Waals surface area contributed by atoms with Gasteiger partial charge < -0.3 is 14.8 Å². The molecule has 1 N–H and O–H groups in total. The zero-order chi connectivity index (χ0) is 27.8. The Bertz CT molecular complexity index is 1380. The maximum atomic E-state index is 13.0. The Morgan fingerprint density at radius 3 is 2.46 bits per heavy atom. The number of amides is 3. The molecule has 1 saturated heterocycles. The number of hydrogen-bond acceptors (Lipinski definition) is 6. The van der Waals surface area contributed by atoms with Crippen molar-refractivity contribution in [3.05, 3.63) is 92.8 Å². The van der Waals surface area contributed by atoms with E-state index >= 15 is 0 Å². The van der Waals surface area contributed by atoms with Crippen LogP contribution in [0.15, 0.2) is 76.1 Å². The minimum atomic E-state index is -0.309. The Labute approximate surface area is 240 Å². The average Bonchev–Trinajstić information content (AvgIpc) is 3.19. The first-order valence-electron chi connectivity index (χ1n) is 12.6. The van der Waals surface area contributed by atoms with E-state index in [0.717, 1.165) is 23.7 Å². The molecule has 0 aliphatic carbocycles. The fourth-order valence-corrected chi connectivity index (χ4v) is 5.23. The summed E-state index contributed by atoms with van der Waals surface area (Å²) in [6.45, 7) is 4.35. The molecule has 1 heterocycles. The van der Waals surface area contributed by atoms with Crippen molar-refractivity contribution < 1.29 is 23.9 Å². The van der Waals surface area contributed by atoms with Crippen LogP contribution in [-0.2, 0) is 16.0 Å². The molecule has 0 atom stereocenters. The van der Waals surface area contributed by atoms with Gasteiger partial charge in [-0.15, -0.1) is 0 Å². The summed E-state index contributed by atoms with van der Waals surface area (Å²) in [4.78, 5) is 39.6. The van der Waals surface area contributed by atoms with Crippen molar-refractivity contribution in [3.8, 4) is 11.5 Å². The lowest BCUT2D eigenvalue weighted by molar-refractivity contribution is -0.122. The van der Waals surface area contributed by atoms with Gasteiger partial charge in [0.05, 0.1) is 11.5 Å². The van der Waals surface area contributed by atoms with Gasteiger partial charge in [0.25, 0.3) is 17.1 Å². The fraction of sp³-hybridized carbons (Fsp3) is 0.233. The third-order valence-electron chi connectivity index (χ3n) is 5.91. The van der Waals surface area contributed by atoms with E-state index in [4.69, 9.17) is 9.47 Å². The van der Waals surface area contributed by atoms with Crippen LogP contribution < -0.4 is 14.8 Å². The molecule has 0 unspecified atom stereocenters. The minimum Gasteiger partial charge on any atom is -0.490 e. The van der Waals surface area contributed by atoms with E-state index in [1.165, 1.54) is 10.5 Å². The zero-order valence-corrected chi connectivity index (χ0v) is 24.1. The summed E-state index contributed by atoms with van der Waals surface area (Å²) >= 11 is 4.45. The van der Waals surface area contributed by atoms with Crippen LogP contribution in [0.25, 0.3) is 6.08 Å². The van der Waals surface area contributed by atoms with Crippen LogP contribution in [0.5, 0.6) is 11.5 Å². The van der Waals surface area contributed by atoms with Gasteiger partial charge in [0, 0.05) is 16.7 Å². The van der Waals surface area contributed by atoms with Crippen molar-refractivity contribution in [2.45, 2.75) is 26.7 Å². The molecule has 0 bridgehead atoms. The SMILES string of the molecule is CCOc1cc(/C=C2/SC(=O)N(CCCc3ccccc3)C2=O)c(Br)cc1OCC(=O)Nc1ccc(C)cc1. The van der Waals surface area contributed by atoms with Crippen LogP contribution in [0, 0.1) is 6.92 Å². The number of aryl methyl sites for hydroxylation is 2. The number of anilines is 1. The number of rotatable bonds is 11. The first-order valence-corrected chi connectivity index (χ1v) is 14.2. The zero-order valence-electron chi connectivity index (χ0n) is 21.7. The highest BCUT2D eigenvalue weighted by molar-refractivity contribution is 9.10. The van der Waals surface area contributed by atoms with Crippen LogP contribution in [0.2, 0.25) is 0 Å². The molecule has 202 valence electrons. The fourth-order valence-electron chi connectivity index (χ4n) is 3.94. The molecule has 39 heavy (non-hydrogen) atoms. The number of carbonyl (C=O) groups is 3. The van der Waals surface area contributed by atoms with Crippen molar-refractivity contribution in [2.24, 2.45) is 0 Å². The van der Waals surface area contributed by atoms with E-state index in [1.807, 2.05) is 68.4 Å². The van der Waals surface area contributed by atoms with E-state index in [2.05, 4.69) is 21.2 Å². The third-order valence-corrected chi connectivity index (χ3v) is 7.50. The number of benzene rings is 3. The van der Waals surface area contributed by atoms with Gasteiger partial charge in [-0.3, -0.25) is 19.3 Å². The van der Waals surface area contributed by atoms with Crippen molar-refractivity contribution in [3.63, 3.8) is 0 Å². The first-order chi connectivity index (χ1) is 18.8. The number of halogens is 1. The molecule has 4 rings (SSSR count). The van der Waals surface area contributed by atoms with Gasteiger partial charge >= 0.3 is 0 Å². The molecular weight excluding hydrogens is 580 g/mol. The summed E-state index contributed by atoms with van der Waals surface area (Å²) < 4.78 is 12.2. The Hall–Kier alpha value is -3.56. The van der Waals surface area contributed by atoms with Gasteiger partial charge in [0.2, 0.25) is 0 Å². The number of thioether (sulfide) groups is 1. The maximum absolute atomic E-state index is 13.0. The highest BCUT2D eigenvalue weighted by Crippen LogP contribution is 2.38. The molecule has 0 saturated carbocycles. The van der Waals surface area contributed by atoms with E-state index in [9.17, 15) is 14.4 Å². The largest absolute Gasteiger partial charge is 0.490 e. The minimum absolute atomic E-state index is 0.207. The van der Waals surface area contributed by atoms with E-state index < -0.39 is 0 Å². The molecular formula is C30H29BrN2O5S. The van der Waals surface area contributed by atoms with Crippen LogP contribution >= 0.6 is 27.7 Å². The monoisotopic (exact) mass is 608 g/mol. The van der Waals surface area contributed by atoms with Crippen LogP contribution in [0.3, 0.4) is 0 Å². The predicted molar refractivity (Wildman–Crippen MR) is 158 cm³/mol. The Morgan fingerprint density at radius 2 is 1.74 bits per heavy atom. The molecule has 7 nitrogen and oxygen atoms in total. The third kappa shape index (κ3) is 7.74. The summed E-state index contributed by atoms with van der Waals surface area (Å²) in [5, 5.41) is 2.52. The van der Waals surface area contributed by atoms with Gasteiger partial charge in [0.15, 0.2) is 18.1 Å². The second-order valence-electron chi connectivity index (χ2n) is 8.88. The second kappa shape index (κ2) is 13.5. The van der Waals surface area contributed by atoms with Crippen LogP contribution in [0.4, 0.5) is 10.5 Å². The Morgan fingerprint density at radius 1 is 1.03 bits per heavy atom. The van der Waals surface area contributed by atoms with E-state index in [1.54, 1.807) is 18.2 Å². The molecule has 1 fully saturated rings. The lowest BCUT2D eigenvalue weighted by atomic mass is 10.1. The van der Waals surface area contributed by atoms with E-state index in [-0.39, 0.29) is 23.7 Å². The van der Waals surface area contributed by atoms with Gasteiger partial charge in [-0.1, -0.05) is 64.0 Å². The number of ether oxygens (including phenoxy) is 2. The number of imide groups is 1. The molecule has 9 heteroatoms. The standard InChI is InChI=1S/C30H29BrN2O5S/c1-3-37-25-16-22(24(31)18-26(25)38-19-28(34)32-23-13-11-20(2)12-14-23)17-27-29(35)33(30(36)39-27)15-7-10-21-8-5-4-6-9-21/h4-6,8-9,11-14,16-18H,3,7,10,15,19H2,1-2H3,(H,32,34)/b27-17+. The van der Waals surface area contributed by atoms with E-state index in [0.29, 0.717) is 51.7 Å². The maximum Gasteiger partial charge on any atom is 0.293 e. The summed E-state index contributed by atoms with van der Waals surface area (Å²) in [6.07, 6.45) is 3.15. The van der Waals surface area contributed by atoms with Crippen molar-refractivity contribution >= 4 is 56.5 Å². The lowest BCUT2D eigenvalue weighted by Gasteiger charge is -2.14. The molecule has 1 aliphatic rings. The second-order valence-corrected chi connectivity index (χ2v) is 10.7. The topological polar surface area (TPSA) is 84.9 Å². The predicted octanol–water partition coefficient (Wildman–Crippen LogP) is 6.84. The van der Waals surface area contributed by atoms with Crippen molar-refractivity contribution in [2.75, 3.05) is 25.1 Å². The molecule has 3 aromatic rings. The molecule has 0 aromatic heterocycles. The van der Waals surface area contributed by atoms with Crippen LogP contribution in [0.1, 0.15) is 30.0 Å². The smallest absolute Gasteiger partial charge is 0.293 e. The quantitative estimate of drug-likeness (QED) is 0.240. The number of carbonyl (C=O) groups excluding carboxylic acids is 3. The van der Waals surface area contributed by atoms with Gasteiger partial charge in [-0.2, -0.15) is 0 Å². The molecule has 0 radical (unpaired) electrons. The Kier molecular flexibility index (Phi) is 9.84. The first kappa shape index (κ1) is 28.4. The lowest BCUT2D eigenvalue weighted by Crippen LogP contribution is -2.29. The number of nitrogens with zero attached hydrogens (tertiary/aromatic N) is 1. The summed E-state index contributed by atoms with van der Waals surface area (Å²) in [7, 11) is 0. The summed E-state index contributed by atoms with van der Waals surface area (Å²) in [5.74, 6) is 0.199. The van der Waals surface area contributed by atoms with Gasteiger partial charge in [-0.05, 0) is 79.9 Å². The van der Waals surface area contributed by atoms with Gasteiger partial charge in [-0.25, -0.2) is 0 Å². The van der Waals surface area contributed by atoms with Crippen molar-refractivity contribution in [1.82, 2.24) is 4.90 Å². The highest BCUT2D eigenvalue weighted by atomic mass is 79.9. The highest BCUT2D eigenvalue weighted by Gasteiger charge is 2.34. The summed E-state index contributed by atoms with van der Waals surface area (Å²) in [5.41, 5.74) is 3.61. The van der Waals surface area contributed by atoms with Gasteiger partial charge in [0.1, 0.15) is 0 Å². The van der Waals surface area contributed by atoms with Crippen molar-refractivity contribution in [1.29, 1.82) is 0 Å². The Balaban J connectivity index is 1.42. The normalized spacial score (nSPS) is 14.1. The molecule has 0 spiro atoms. The number of hydrogen-bond donors (Lipinski definition) is 1. The molecule has 3 aromatic carbocycles. The summed E-state index contributed by atoms with van der Waals surface area (Å²) in [6, 6.07) is 20.9. The average molecular weight is 610 g/mol. The molecule has 1 aliphatic heterocycles. The molecule has 3 amide bonds.